The molecule has 0 saturated heterocycles. The van der Waals surface area contributed by atoms with Crippen LogP contribution >= 0.6 is 0 Å². The van der Waals surface area contributed by atoms with Crippen LogP contribution < -0.4 is 9.64 Å². The molecule has 1 aliphatic carbocycles. The van der Waals surface area contributed by atoms with Gasteiger partial charge in [0.2, 0.25) is 0 Å². The van der Waals surface area contributed by atoms with Crippen molar-refractivity contribution in [2.24, 2.45) is 0 Å². The van der Waals surface area contributed by atoms with Crippen molar-refractivity contribution >= 4 is 11.5 Å². The van der Waals surface area contributed by atoms with E-state index in [0.717, 1.165) is 77.5 Å². The lowest BCUT2D eigenvalue weighted by atomic mass is 10.0. The summed E-state index contributed by atoms with van der Waals surface area (Å²) < 4.78 is 22.0. The van der Waals surface area contributed by atoms with Crippen LogP contribution in [-0.4, -0.2) is 28.3 Å². The quantitative estimate of drug-likeness (QED) is 0.337. The maximum absolute atomic E-state index is 14.6. The highest BCUT2D eigenvalue weighted by Crippen LogP contribution is 2.38. The first-order valence-electron chi connectivity index (χ1n) is 12.1. The molecule has 0 radical (unpaired) electrons. The monoisotopic (exact) mass is 458 g/mol. The molecule has 0 amide bonds. The van der Waals surface area contributed by atoms with Crippen LogP contribution in [0.4, 0.5) is 10.2 Å². The van der Waals surface area contributed by atoms with Crippen LogP contribution in [-0.2, 0) is 19.4 Å². The minimum absolute atomic E-state index is 0.170. The smallest absolute Gasteiger partial charge is 0.165 e. The lowest BCUT2D eigenvalue weighted by Gasteiger charge is -2.27. The van der Waals surface area contributed by atoms with E-state index in [-0.39, 0.29) is 5.82 Å². The van der Waals surface area contributed by atoms with Crippen molar-refractivity contribution in [1.29, 1.82) is 0 Å². The number of hydrogen-bond acceptors (Lipinski definition) is 4. The summed E-state index contributed by atoms with van der Waals surface area (Å²) in [6.45, 7) is 7.62. The minimum Gasteiger partial charge on any atom is -0.497 e. The maximum atomic E-state index is 14.6. The van der Waals surface area contributed by atoms with Crippen LogP contribution in [0.1, 0.15) is 47.8 Å². The first-order valence-corrected chi connectivity index (χ1v) is 12.1. The molecular weight excluding hydrogens is 427 g/mol. The molecule has 2 aromatic carbocycles. The molecule has 2 aromatic heterocycles. The highest BCUT2D eigenvalue weighted by atomic mass is 19.1. The van der Waals surface area contributed by atoms with Crippen molar-refractivity contribution in [1.82, 2.24) is 14.6 Å². The molecule has 34 heavy (non-hydrogen) atoms. The third-order valence-corrected chi connectivity index (χ3v) is 6.75. The number of halogens is 1. The average molecular weight is 459 g/mol. The SMILES string of the molecule is CCCN(Cc1ccccc1F)c1c2c(nc3c(-c4ccc(OC)cc4C)c(C)nn13)CCC2. The lowest BCUT2D eigenvalue weighted by Crippen LogP contribution is -2.28. The Bertz CT molecular complexity index is 1360. The largest absolute Gasteiger partial charge is 0.497 e. The van der Waals surface area contributed by atoms with Crippen LogP contribution in [0, 0.1) is 19.7 Å². The highest BCUT2D eigenvalue weighted by Gasteiger charge is 2.27. The molecule has 0 bridgehead atoms. The van der Waals surface area contributed by atoms with E-state index in [2.05, 4.69) is 24.8 Å². The maximum Gasteiger partial charge on any atom is 0.165 e. The van der Waals surface area contributed by atoms with Gasteiger partial charge in [0.1, 0.15) is 17.4 Å². The molecular formula is C28H31FN4O. The number of anilines is 1. The van der Waals surface area contributed by atoms with E-state index in [1.807, 2.05) is 35.7 Å². The topological polar surface area (TPSA) is 42.7 Å². The first-order chi connectivity index (χ1) is 16.5. The summed E-state index contributed by atoms with van der Waals surface area (Å²) in [5.41, 5.74) is 8.19. The van der Waals surface area contributed by atoms with Gasteiger partial charge in [-0.2, -0.15) is 9.61 Å². The number of aryl methyl sites for hydroxylation is 3. The molecule has 6 heteroatoms. The number of fused-ring (bicyclic) bond motifs is 2. The van der Waals surface area contributed by atoms with E-state index < -0.39 is 0 Å². The van der Waals surface area contributed by atoms with Gasteiger partial charge < -0.3 is 9.64 Å². The van der Waals surface area contributed by atoms with Crippen molar-refractivity contribution < 1.29 is 9.13 Å². The molecule has 0 unspecified atom stereocenters. The molecule has 176 valence electrons. The standard InChI is InChI=1S/C28H31FN4O/c1-5-15-32(17-20-9-6-7-11-24(20)29)28-23-10-8-12-25(23)30-27-26(19(3)31-33(27)28)22-14-13-21(34-4)16-18(22)2/h6-7,9,11,13-14,16H,5,8,10,12,15,17H2,1-4H3. The van der Waals surface area contributed by atoms with E-state index >= 15 is 0 Å². The third kappa shape index (κ3) is 3.81. The third-order valence-electron chi connectivity index (χ3n) is 6.75. The van der Waals surface area contributed by atoms with Gasteiger partial charge in [-0.15, -0.1) is 0 Å². The number of hydrogen-bond donors (Lipinski definition) is 0. The number of ether oxygens (including phenoxy) is 1. The van der Waals surface area contributed by atoms with Crippen LogP contribution in [0.2, 0.25) is 0 Å². The summed E-state index contributed by atoms with van der Waals surface area (Å²) in [6, 6.07) is 13.2. The number of rotatable bonds is 7. The fourth-order valence-corrected chi connectivity index (χ4v) is 5.16. The minimum atomic E-state index is -0.170. The van der Waals surface area contributed by atoms with Crippen LogP contribution in [0.25, 0.3) is 16.8 Å². The second-order valence-electron chi connectivity index (χ2n) is 9.10. The summed E-state index contributed by atoms with van der Waals surface area (Å²) in [6.07, 6.45) is 3.97. The Morgan fingerprint density at radius 3 is 2.68 bits per heavy atom. The van der Waals surface area contributed by atoms with E-state index in [9.17, 15) is 4.39 Å². The molecule has 4 aromatic rings. The van der Waals surface area contributed by atoms with Gasteiger partial charge >= 0.3 is 0 Å². The first kappa shape index (κ1) is 22.4. The molecule has 5 nitrogen and oxygen atoms in total. The number of nitrogens with zero attached hydrogens (tertiary/aromatic N) is 4. The van der Waals surface area contributed by atoms with Gasteiger partial charge in [0.05, 0.1) is 12.8 Å². The Labute approximate surface area is 200 Å². The summed E-state index contributed by atoms with van der Waals surface area (Å²) in [7, 11) is 1.68. The summed E-state index contributed by atoms with van der Waals surface area (Å²) >= 11 is 0. The van der Waals surface area contributed by atoms with Gasteiger partial charge in [-0.05, 0) is 68.9 Å². The number of benzene rings is 2. The van der Waals surface area contributed by atoms with Crippen molar-refractivity contribution in [3.8, 4) is 16.9 Å². The van der Waals surface area contributed by atoms with E-state index in [0.29, 0.717) is 12.1 Å². The molecule has 0 aliphatic heterocycles. The van der Waals surface area contributed by atoms with Gasteiger partial charge in [-0.3, -0.25) is 0 Å². The zero-order valence-corrected chi connectivity index (χ0v) is 20.4. The van der Waals surface area contributed by atoms with E-state index in [4.69, 9.17) is 14.8 Å². The lowest BCUT2D eigenvalue weighted by molar-refractivity contribution is 0.414. The molecule has 0 fully saturated rings. The molecule has 0 atom stereocenters. The second kappa shape index (κ2) is 9.09. The number of methoxy groups -OCH3 is 1. The fourth-order valence-electron chi connectivity index (χ4n) is 5.16. The molecule has 0 saturated carbocycles. The molecule has 1 aliphatic rings. The van der Waals surface area contributed by atoms with Gasteiger partial charge in [0.25, 0.3) is 0 Å². The molecule has 5 rings (SSSR count). The average Bonchev–Trinajstić information content (AvgIpc) is 3.42. The summed E-state index contributed by atoms with van der Waals surface area (Å²) in [4.78, 5) is 7.42. The fraction of sp³-hybridized carbons (Fsp3) is 0.357. The predicted molar refractivity (Wildman–Crippen MR) is 134 cm³/mol. The van der Waals surface area contributed by atoms with Crippen LogP contribution in [0.3, 0.4) is 0 Å². The highest BCUT2D eigenvalue weighted by molar-refractivity contribution is 5.83. The normalized spacial score (nSPS) is 12.9. The van der Waals surface area contributed by atoms with Crippen molar-refractivity contribution in [3.05, 3.63) is 76.4 Å². The zero-order valence-electron chi connectivity index (χ0n) is 20.4. The van der Waals surface area contributed by atoms with Crippen LogP contribution in [0.15, 0.2) is 42.5 Å². The van der Waals surface area contributed by atoms with E-state index in [1.165, 1.54) is 11.6 Å². The van der Waals surface area contributed by atoms with Crippen molar-refractivity contribution in [2.75, 3.05) is 18.6 Å². The van der Waals surface area contributed by atoms with Gasteiger partial charge in [-0.1, -0.05) is 31.2 Å². The van der Waals surface area contributed by atoms with Gasteiger partial charge in [0.15, 0.2) is 5.65 Å². The van der Waals surface area contributed by atoms with Crippen molar-refractivity contribution in [2.45, 2.75) is 53.0 Å². The number of aromatic nitrogens is 3. The molecule has 0 N–H and O–H groups in total. The summed E-state index contributed by atoms with van der Waals surface area (Å²) in [5.74, 6) is 1.73. The zero-order chi connectivity index (χ0) is 23.8. The summed E-state index contributed by atoms with van der Waals surface area (Å²) in [5, 5.41) is 5.01. The second-order valence-corrected chi connectivity index (χ2v) is 9.10. The Balaban J connectivity index is 1.72. The molecule has 0 spiro atoms. The molecule has 2 heterocycles. The van der Waals surface area contributed by atoms with E-state index in [1.54, 1.807) is 13.2 Å². The van der Waals surface area contributed by atoms with Gasteiger partial charge in [0, 0.05) is 35.5 Å². The Morgan fingerprint density at radius 1 is 1.12 bits per heavy atom. The Morgan fingerprint density at radius 2 is 1.94 bits per heavy atom. The van der Waals surface area contributed by atoms with Crippen molar-refractivity contribution in [3.63, 3.8) is 0 Å². The Kier molecular flexibility index (Phi) is 5.98. The Hall–Kier alpha value is -3.41. The predicted octanol–water partition coefficient (Wildman–Crippen LogP) is 6.07. The van der Waals surface area contributed by atoms with Gasteiger partial charge in [-0.25, -0.2) is 9.37 Å². The van der Waals surface area contributed by atoms with Crippen LogP contribution in [0.5, 0.6) is 5.75 Å².